The number of hydrogen-bond donors (Lipinski definition) is 0. The number of furan rings is 1. The van der Waals surface area contributed by atoms with Gasteiger partial charge in [-0.2, -0.15) is 0 Å². The first-order chi connectivity index (χ1) is 27.7. The van der Waals surface area contributed by atoms with E-state index < -0.39 is 0 Å². The number of rotatable bonds is 3. The van der Waals surface area contributed by atoms with Crippen LogP contribution in [0.2, 0.25) is 0 Å². The first-order valence-corrected chi connectivity index (χ1v) is 19.1. The molecule has 13 rings (SSSR count). The first-order valence-electron chi connectivity index (χ1n) is 19.1. The fourth-order valence-corrected chi connectivity index (χ4v) is 9.28. The van der Waals surface area contributed by atoms with Crippen LogP contribution in [0, 0.1) is 0 Å². The van der Waals surface area contributed by atoms with E-state index in [0.717, 1.165) is 49.7 Å². The second kappa shape index (κ2) is 11.0. The maximum absolute atomic E-state index is 6.52. The Balaban J connectivity index is 0.980. The molecular weight excluding hydrogens is 683 g/mol. The standard InChI is InChI=1S/C52H29N3O/c1-2-9-33-26-34(21-18-30(33)8-1)31-16-19-32(20-17-31)50-40-11-3-5-14-44(40)53-52(54-50)36-23-24-47-43(27-36)49-41-29-42-39-13-7-12-38-37-10-4-6-15-45(37)55(51(38)39)46(42)28-35(41)22-25-48(49)56-47/h1-29H. The molecule has 9 aromatic carbocycles. The van der Waals surface area contributed by atoms with Crippen molar-refractivity contribution in [1.29, 1.82) is 0 Å². The molecule has 0 fully saturated rings. The average Bonchev–Trinajstić information content (AvgIpc) is 3.92. The van der Waals surface area contributed by atoms with Crippen molar-refractivity contribution in [3.63, 3.8) is 0 Å². The molecule has 0 aliphatic rings. The van der Waals surface area contributed by atoms with Crippen molar-refractivity contribution < 1.29 is 4.42 Å². The molecule has 4 heterocycles. The van der Waals surface area contributed by atoms with E-state index in [4.69, 9.17) is 14.4 Å². The van der Waals surface area contributed by atoms with E-state index >= 15 is 0 Å². The van der Waals surface area contributed by atoms with E-state index in [1.807, 2.05) is 6.07 Å². The molecule has 4 aromatic heterocycles. The predicted molar refractivity (Wildman–Crippen MR) is 233 cm³/mol. The molecule has 4 nitrogen and oxygen atoms in total. The third-order valence-electron chi connectivity index (χ3n) is 11.9. The third kappa shape index (κ3) is 4.13. The Hall–Kier alpha value is -7.56. The van der Waals surface area contributed by atoms with E-state index in [0.29, 0.717) is 5.82 Å². The van der Waals surface area contributed by atoms with Gasteiger partial charge in [0.2, 0.25) is 0 Å². The summed E-state index contributed by atoms with van der Waals surface area (Å²) in [6, 6.07) is 63.0. The number of benzene rings is 9. The van der Waals surface area contributed by atoms with Crippen molar-refractivity contribution in [3.8, 4) is 33.8 Å². The zero-order valence-corrected chi connectivity index (χ0v) is 30.0. The first kappa shape index (κ1) is 29.8. The summed E-state index contributed by atoms with van der Waals surface area (Å²) in [6.07, 6.45) is 0. The van der Waals surface area contributed by atoms with Gasteiger partial charge in [0.05, 0.1) is 27.8 Å². The van der Waals surface area contributed by atoms with Crippen molar-refractivity contribution >= 4 is 92.5 Å². The summed E-state index contributed by atoms with van der Waals surface area (Å²) in [7, 11) is 0. The molecule has 0 unspecified atom stereocenters. The van der Waals surface area contributed by atoms with Crippen LogP contribution in [0.3, 0.4) is 0 Å². The minimum Gasteiger partial charge on any atom is -0.456 e. The van der Waals surface area contributed by atoms with Gasteiger partial charge in [-0.1, -0.05) is 121 Å². The molecule has 0 saturated carbocycles. The van der Waals surface area contributed by atoms with Crippen LogP contribution < -0.4 is 0 Å². The summed E-state index contributed by atoms with van der Waals surface area (Å²) < 4.78 is 8.96. The van der Waals surface area contributed by atoms with Gasteiger partial charge < -0.3 is 8.82 Å². The molecule has 0 amide bonds. The summed E-state index contributed by atoms with van der Waals surface area (Å²) in [6.45, 7) is 0. The lowest BCUT2D eigenvalue weighted by atomic mass is 9.98. The second-order valence-electron chi connectivity index (χ2n) is 14.9. The number of nitrogens with zero attached hydrogens (tertiary/aromatic N) is 3. The fraction of sp³-hybridized carbons (Fsp3) is 0. The van der Waals surface area contributed by atoms with E-state index in [-0.39, 0.29) is 0 Å². The Labute approximate surface area is 319 Å². The van der Waals surface area contributed by atoms with Crippen molar-refractivity contribution in [2.45, 2.75) is 0 Å². The van der Waals surface area contributed by atoms with Gasteiger partial charge >= 0.3 is 0 Å². The number of aromatic nitrogens is 3. The van der Waals surface area contributed by atoms with Crippen LogP contribution in [-0.4, -0.2) is 14.4 Å². The Morgan fingerprint density at radius 3 is 1.98 bits per heavy atom. The lowest BCUT2D eigenvalue weighted by Crippen LogP contribution is -1.95. The van der Waals surface area contributed by atoms with Gasteiger partial charge in [-0.3, -0.25) is 0 Å². The van der Waals surface area contributed by atoms with Crippen LogP contribution in [0.15, 0.2) is 180 Å². The molecule has 0 aliphatic carbocycles. The maximum atomic E-state index is 6.52. The predicted octanol–water partition coefficient (Wildman–Crippen LogP) is 14.0. The van der Waals surface area contributed by atoms with Gasteiger partial charge in [0.25, 0.3) is 0 Å². The molecule has 0 aliphatic heterocycles. The summed E-state index contributed by atoms with van der Waals surface area (Å²) in [5.41, 5.74) is 11.7. The Bertz CT molecular complexity index is 3760. The molecule has 13 aromatic rings. The van der Waals surface area contributed by atoms with Gasteiger partial charge in [0.1, 0.15) is 11.2 Å². The average molecular weight is 712 g/mol. The topological polar surface area (TPSA) is 43.3 Å². The van der Waals surface area contributed by atoms with E-state index in [1.165, 1.54) is 70.8 Å². The number of hydrogen-bond acceptors (Lipinski definition) is 3. The third-order valence-corrected chi connectivity index (χ3v) is 11.9. The maximum Gasteiger partial charge on any atom is 0.160 e. The normalized spacial score (nSPS) is 12.3. The summed E-state index contributed by atoms with van der Waals surface area (Å²) >= 11 is 0. The van der Waals surface area contributed by atoms with Gasteiger partial charge in [-0.25, -0.2) is 9.97 Å². The molecule has 0 atom stereocenters. The summed E-state index contributed by atoms with van der Waals surface area (Å²) in [4.78, 5) is 10.4. The highest BCUT2D eigenvalue weighted by atomic mass is 16.3. The van der Waals surface area contributed by atoms with Crippen LogP contribution in [0.1, 0.15) is 0 Å². The zero-order valence-electron chi connectivity index (χ0n) is 30.0. The molecule has 56 heavy (non-hydrogen) atoms. The van der Waals surface area contributed by atoms with Crippen molar-refractivity contribution in [1.82, 2.24) is 14.4 Å². The minimum atomic E-state index is 0.688. The quantitative estimate of drug-likeness (QED) is 0.183. The Kier molecular flexibility index (Phi) is 5.86. The minimum absolute atomic E-state index is 0.688. The molecule has 0 saturated heterocycles. The molecule has 0 N–H and O–H groups in total. The monoisotopic (exact) mass is 711 g/mol. The lowest BCUT2D eigenvalue weighted by Gasteiger charge is -2.11. The number of fused-ring (bicyclic) bond motifs is 13. The van der Waals surface area contributed by atoms with E-state index in [9.17, 15) is 0 Å². The molecule has 258 valence electrons. The zero-order chi connectivity index (χ0) is 36.5. The lowest BCUT2D eigenvalue weighted by molar-refractivity contribution is 0.669. The fourth-order valence-electron chi connectivity index (χ4n) is 9.28. The highest BCUT2D eigenvalue weighted by Gasteiger charge is 2.20. The van der Waals surface area contributed by atoms with Gasteiger partial charge in [0, 0.05) is 48.8 Å². The van der Waals surface area contributed by atoms with Crippen LogP contribution in [-0.2, 0) is 0 Å². The largest absolute Gasteiger partial charge is 0.456 e. The SMILES string of the molecule is c1ccc2cc(-c3ccc(-c4nc(-c5ccc6oc7ccc8cc9c(cc8c7c6c5)c5cccc6c7ccccc7n9c65)nc5ccccc45)cc3)ccc2c1. The highest BCUT2D eigenvalue weighted by Crippen LogP contribution is 2.43. The van der Waals surface area contributed by atoms with Crippen molar-refractivity contribution in [3.05, 3.63) is 176 Å². The van der Waals surface area contributed by atoms with Crippen molar-refractivity contribution in [2.24, 2.45) is 0 Å². The smallest absolute Gasteiger partial charge is 0.160 e. The van der Waals surface area contributed by atoms with Gasteiger partial charge in [-0.15, -0.1) is 0 Å². The molecular formula is C52H29N3O. The number of para-hydroxylation sites is 3. The molecule has 0 radical (unpaired) electrons. The van der Waals surface area contributed by atoms with Gasteiger partial charge in [-0.05, 0) is 87.3 Å². The molecule has 0 bridgehead atoms. The molecule has 0 spiro atoms. The second-order valence-corrected chi connectivity index (χ2v) is 14.9. The Morgan fingerprint density at radius 1 is 0.375 bits per heavy atom. The molecule has 4 heteroatoms. The van der Waals surface area contributed by atoms with E-state index in [2.05, 4.69) is 174 Å². The van der Waals surface area contributed by atoms with Crippen LogP contribution in [0.4, 0.5) is 0 Å². The van der Waals surface area contributed by atoms with Crippen LogP contribution in [0.5, 0.6) is 0 Å². The summed E-state index contributed by atoms with van der Waals surface area (Å²) in [5, 5.41) is 13.1. The van der Waals surface area contributed by atoms with E-state index in [1.54, 1.807) is 0 Å². The Morgan fingerprint density at radius 2 is 1.07 bits per heavy atom. The van der Waals surface area contributed by atoms with Crippen LogP contribution >= 0.6 is 0 Å². The van der Waals surface area contributed by atoms with Crippen molar-refractivity contribution in [2.75, 3.05) is 0 Å². The summed E-state index contributed by atoms with van der Waals surface area (Å²) in [5.74, 6) is 0.688. The highest BCUT2D eigenvalue weighted by molar-refractivity contribution is 6.27. The van der Waals surface area contributed by atoms with Gasteiger partial charge in [0.15, 0.2) is 5.82 Å². The van der Waals surface area contributed by atoms with Crippen LogP contribution in [0.25, 0.3) is 126 Å².